The monoisotopic (exact) mass is 202 g/mol. The van der Waals surface area contributed by atoms with Crippen LogP contribution in [0.1, 0.15) is 12.5 Å². The SMILES string of the molecule is C[C@@H](O)Cc1cccc(OC(F)F)c1. The average molecular weight is 202 g/mol. The molecule has 14 heavy (non-hydrogen) atoms. The Morgan fingerprint density at radius 3 is 2.71 bits per heavy atom. The van der Waals surface area contributed by atoms with Gasteiger partial charge in [0.15, 0.2) is 0 Å². The van der Waals surface area contributed by atoms with Crippen LogP contribution in [0.25, 0.3) is 0 Å². The fourth-order valence-electron chi connectivity index (χ4n) is 1.19. The van der Waals surface area contributed by atoms with Gasteiger partial charge in [0.1, 0.15) is 5.75 Å². The first-order valence-electron chi connectivity index (χ1n) is 4.29. The number of hydrogen-bond acceptors (Lipinski definition) is 2. The minimum atomic E-state index is -2.81. The first-order valence-corrected chi connectivity index (χ1v) is 4.29. The van der Waals surface area contributed by atoms with Gasteiger partial charge in [-0.3, -0.25) is 0 Å². The molecule has 1 aromatic carbocycles. The molecule has 0 amide bonds. The maximum absolute atomic E-state index is 11.8. The van der Waals surface area contributed by atoms with Crippen molar-refractivity contribution in [3.05, 3.63) is 29.8 Å². The Labute approximate surface area is 81.1 Å². The summed E-state index contributed by atoms with van der Waals surface area (Å²) in [7, 11) is 0. The molecule has 1 N–H and O–H groups in total. The first kappa shape index (κ1) is 10.9. The standard InChI is InChI=1S/C10H12F2O2/c1-7(13)5-8-3-2-4-9(6-8)14-10(11)12/h2-4,6-7,10,13H,5H2,1H3/t7-/m1/s1. The van der Waals surface area contributed by atoms with Crippen LogP contribution >= 0.6 is 0 Å². The van der Waals surface area contributed by atoms with Gasteiger partial charge >= 0.3 is 6.61 Å². The van der Waals surface area contributed by atoms with E-state index < -0.39 is 12.7 Å². The van der Waals surface area contributed by atoms with Crippen LogP contribution in [0.3, 0.4) is 0 Å². The van der Waals surface area contributed by atoms with Gasteiger partial charge in [-0.05, 0) is 31.0 Å². The molecule has 4 heteroatoms. The molecule has 0 aliphatic heterocycles. The fraction of sp³-hybridized carbons (Fsp3) is 0.400. The van der Waals surface area contributed by atoms with Crippen molar-refractivity contribution < 1.29 is 18.6 Å². The summed E-state index contributed by atoms with van der Waals surface area (Å²) in [5, 5.41) is 9.09. The fourth-order valence-corrected chi connectivity index (χ4v) is 1.19. The lowest BCUT2D eigenvalue weighted by Crippen LogP contribution is -2.05. The zero-order valence-electron chi connectivity index (χ0n) is 7.78. The molecule has 0 aliphatic carbocycles. The highest BCUT2D eigenvalue weighted by Gasteiger charge is 2.05. The van der Waals surface area contributed by atoms with Gasteiger partial charge in [-0.2, -0.15) is 8.78 Å². The maximum atomic E-state index is 11.8. The zero-order valence-corrected chi connectivity index (χ0v) is 7.78. The minimum Gasteiger partial charge on any atom is -0.435 e. The molecule has 0 heterocycles. The van der Waals surface area contributed by atoms with Crippen molar-refractivity contribution in [1.29, 1.82) is 0 Å². The third-order valence-corrected chi connectivity index (χ3v) is 1.65. The van der Waals surface area contributed by atoms with Gasteiger partial charge in [0.25, 0.3) is 0 Å². The highest BCUT2D eigenvalue weighted by molar-refractivity contribution is 5.28. The Bertz CT molecular complexity index is 262. The highest BCUT2D eigenvalue weighted by Crippen LogP contribution is 2.16. The normalized spacial score (nSPS) is 12.9. The van der Waals surface area contributed by atoms with Gasteiger partial charge in [-0.25, -0.2) is 0 Å². The molecular formula is C10H12F2O2. The summed E-state index contributed by atoms with van der Waals surface area (Å²) in [5.41, 5.74) is 0.776. The van der Waals surface area contributed by atoms with Gasteiger partial charge < -0.3 is 9.84 Å². The Hall–Kier alpha value is -1.16. The number of rotatable bonds is 4. The number of ether oxygens (including phenoxy) is 1. The maximum Gasteiger partial charge on any atom is 0.387 e. The molecule has 0 aromatic heterocycles. The molecule has 1 atom stereocenters. The second-order valence-corrected chi connectivity index (χ2v) is 3.08. The van der Waals surface area contributed by atoms with E-state index in [1.165, 1.54) is 12.1 Å². The summed E-state index contributed by atoms with van der Waals surface area (Å²) in [4.78, 5) is 0. The molecule has 0 fully saturated rings. The average Bonchev–Trinajstić information content (AvgIpc) is 2.01. The lowest BCUT2D eigenvalue weighted by Gasteiger charge is -2.07. The second-order valence-electron chi connectivity index (χ2n) is 3.08. The van der Waals surface area contributed by atoms with Crippen LogP contribution in [-0.2, 0) is 6.42 Å². The van der Waals surface area contributed by atoms with Crippen LogP contribution in [0.2, 0.25) is 0 Å². The van der Waals surface area contributed by atoms with E-state index in [0.29, 0.717) is 6.42 Å². The highest BCUT2D eigenvalue weighted by atomic mass is 19.3. The van der Waals surface area contributed by atoms with Crippen LogP contribution < -0.4 is 4.74 Å². The van der Waals surface area contributed by atoms with Crippen LogP contribution in [0.15, 0.2) is 24.3 Å². The van der Waals surface area contributed by atoms with E-state index in [9.17, 15) is 8.78 Å². The number of hydrogen-bond donors (Lipinski definition) is 1. The number of aliphatic hydroxyl groups is 1. The number of benzene rings is 1. The number of halogens is 2. The molecule has 1 rings (SSSR count). The minimum absolute atomic E-state index is 0.123. The third kappa shape index (κ3) is 3.70. The van der Waals surface area contributed by atoms with Crippen LogP contribution in [0.4, 0.5) is 8.78 Å². The van der Waals surface area contributed by atoms with Gasteiger partial charge in [0, 0.05) is 0 Å². The molecule has 0 spiro atoms. The van der Waals surface area contributed by atoms with E-state index in [-0.39, 0.29) is 5.75 Å². The van der Waals surface area contributed by atoms with Crippen molar-refractivity contribution in [2.24, 2.45) is 0 Å². The van der Waals surface area contributed by atoms with Crippen molar-refractivity contribution in [1.82, 2.24) is 0 Å². The third-order valence-electron chi connectivity index (χ3n) is 1.65. The first-order chi connectivity index (χ1) is 6.58. The summed E-state index contributed by atoms with van der Waals surface area (Å²) in [6.07, 6.45) is -0.0581. The molecule has 78 valence electrons. The molecule has 0 bridgehead atoms. The number of aliphatic hydroxyl groups excluding tert-OH is 1. The van der Waals surface area contributed by atoms with E-state index in [1.54, 1.807) is 19.1 Å². The van der Waals surface area contributed by atoms with Crippen molar-refractivity contribution in [2.75, 3.05) is 0 Å². The van der Waals surface area contributed by atoms with E-state index in [0.717, 1.165) is 5.56 Å². The molecule has 0 saturated heterocycles. The van der Waals surface area contributed by atoms with Gasteiger partial charge in [-0.15, -0.1) is 0 Å². The number of alkyl halides is 2. The van der Waals surface area contributed by atoms with E-state index in [1.807, 2.05) is 0 Å². The Balaban J connectivity index is 2.68. The summed E-state index contributed by atoms with van der Waals surface area (Å²) in [6.45, 7) is -1.17. The largest absolute Gasteiger partial charge is 0.435 e. The summed E-state index contributed by atoms with van der Waals surface area (Å²) >= 11 is 0. The van der Waals surface area contributed by atoms with Gasteiger partial charge in [-0.1, -0.05) is 12.1 Å². The Morgan fingerprint density at radius 1 is 1.43 bits per heavy atom. The van der Waals surface area contributed by atoms with Crippen molar-refractivity contribution in [3.8, 4) is 5.75 Å². The summed E-state index contributed by atoms with van der Waals surface area (Å²) < 4.78 is 27.9. The summed E-state index contributed by atoms with van der Waals surface area (Å²) in [6, 6.07) is 6.33. The topological polar surface area (TPSA) is 29.5 Å². The molecule has 2 nitrogen and oxygen atoms in total. The zero-order chi connectivity index (χ0) is 10.6. The van der Waals surface area contributed by atoms with Gasteiger partial charge in [0.05, 0.1) is 6.10 Å². The Morgan fingerprint density at radius 2 is 2.14 bits per heavy atom. The lowest BCUT2D eigenvalue weighted by molar-refractivity contribution is -0.0498. The summed E-state index contributed by atoms with van der Waals surface area (Å²) in [5.74, 6) is 0.123. The van der Waals surface area contributed by atoms with E-state index in [2.05, 4.69) is 4.74 Å². The molecule has 0 unspecified atom stereocenters. The van der Waals surface area contributed by atoms with Crippen LogP contribution in [0.5, 0.6) is 5.75 Å². The lowest BCUT2D eigenvalue weighted by atomic mass is 10.1. The molecule has 0 radical (unpaired) electrons. The van der Waals surface area contributed by atoms with E-state index in [4.69, 9.17) is 5.11 Å². The molecule has 0 aliphatic rings. The second kappa shape index (κ2) is 4.91. The van der Waals surface area contributed by atoms with Crippen molar-refractivity contribution in [3.63, 3.8) is 0 Å². The van der Waals surface area contributed by atoms with Crippen LogP contribution in [-0.4, -0.2) is 17.8 Å². The molecular weight excluding hydrogens is 190 g/mol. The molecule has 1 aromatic rings. The van der Waals surface area contributed by atoms with Gasteiger partial charge in [0.2, 0.25) is 0 Å². The van der Waals surface area contributed by atoms with Crippen molar-refractivity contribution >= 4 is 0 Å². The van der Waals surface area contributed by atoms with Crippen molar-refractivity contribution in [2.45, 2.75) is 26.1 Å². The smallest absolute Gasteiger partial charge is 0.387 e. The predicted molar refractivity (Wildman–Crippen MR) is 48.5 cm³/mol. The van der Waals surface area contributed by atoms with Crippen LogP contribution in [0, 0.1) is 0 Å². The Kier molecular flexibility index (Phi) is 3.83. The predicted octanol–water partition coefficient (Wildman–Crippen LogP) is 2.21. The van der Waals surface area contributed by atoms with E-state index >= 15 is 0 Å². The quantitative estimate of drug-likeness (QED) is 0.811. The molecule has 0 saturated carbocycles.